The second-order valence-electron chi connectivity index (χ2n) is 5.56. The fraction of sp³-hybridized carbons (Fsp3) is 0.111. The van der Waals surface area contributed by atoms with Crippen LogP contribution in [0.1, 0.15) is 24.1 Å². The van der Waals surface area contributed by atoms with Crippen LogP contribution in [-0.2, 0) is 4.79 Å². The van der Waals surface area contributed by atoms with Crippen LogP contribution >= 0.6 is 0 Å². The van der Waals surface area contributed by atoms with Crippen LogP contribution in [0.2, 0.25) is 0 Å². The van der Waals surface area contributed by atoms with Crippen molar-refractivity contribution in [2.75, 3.05) is 0 Å². The van der Waals surface area contributed by atoms with Crippen LogP contribution in [0.3, 0.4) is 0 Å². The molecular weight excluding hydrogens is 322 g/mol. The number of rotatable bonds is 4. The van der Waals surface area contributed by atoms with Crippen molar-refractivity contribution in [3.8, 4) is 5.75 Å². The Labute approximate surface area is 143 Å². The van der Waals surface area contributed by atoms with E-state index in [2.05, 4.69) is 10.3 Å². The van der Waals surface area contributed by atoms with Gasteiger partial charge < -0.3 is 10.4 Å². The molecule has 126 valence electrons. The Balaban J connectivity index is 2.11. The van der Waals surface area contributed by atoms with E-state index in [0.717, 1.165) is 5.39 Å². The van der Waals surface area contributed by atoms with E-state index in [1.165, 1.54) is 19.1 Å². The standard InChI is InChI=1S/C18H15N3O4/c1-11(22)20-16(13-4-7-14(8-5-13)21(24)25)15-9-6-12-3-2-10-19-17(12)18(15)23/h2-10,16,23H,1H3,(H,20,22)/t16-/m0/s1. The van der Waals surface area contributed by atoms with Gasteiger partial charge in [0.05, 0.1) is 11.0 Å². The van der Waals surface area contributed by atoms with Gasteiger partial charge in [-0.3, -0.25) is 19.9 Å². The van der Waals surface area contributed by atoms with Crippen LogP contribution in [-0.4, -0.2) is 20.9 Å². The Morgan fingerprint density at radius 2 is 1.92 bits per heavy atom. The van der Waals surface area contributed by atoms with Crippen molar-refractivity contribution >= 4 is 22.5 Å². The number of nitrogens with one attached hydrogen (secondary N) is 1. The highest BCUT2D eigenvalue weighted by molar-refractivity contribution is 5.86. The molecule has 0 bridgehead atoms. The van der Waals surface area contributed by atoms with Crippen molar-refractivity contribution in [1.29, 1.82) is 0 Å². The average Bonchev–Trinajstić information content (AvgIpc) is 2.60. The number of carbonyl (C=O) groups is 1. The van der Waals surface area contributed by atoms with Crippen LogP contribution in [0.4, 0.5) is 5.69 Å². The van der Waals surface area contributed by atoms with Crippen molar-refractivity contribution in [2.45, 2.75) is 13.0 Å². The first-order chi connectivity index (χ1) is 12.0. The van der Waals surface area contributed by atoms with E-state index < -0.39 is 11.0 Å². The van der Waals surface area contributed by atoms with Crippen molar-refractivity contribution in [3.63, 3.8) is 0 Å². The second kappa shape index (κ2) is 6.56. The van der Waals surface area contributed by atoms with Crippen LogP contribution < -0.4 is 5.32 Å². The molecule has 3 rings (SSSR count). The number of nitrogens with zero attached hydrogens (tertiary/aromatic N) is 2. The maximum absolute atomic E-state index is 11.6. The molecular formula is C18H15N3O4. The lowest BCUT2D eigenvalue weighted by Crippen LogP contribution is -2.27. The topological polar surface area (TPSA) is 105 Å². The summed E-state index contributed by atoms with van der Waals surface area (Å²) in [5.74, 6) is -0.320. The number of aromatic hydroxyl groups is 1. The van der Waals surface area contributed by atoms with Gasteiger partial charge in [0.15, 0.2) is 0 Å². The van der Waals surface area contributed by atoms with Gasteiger partial charge in [-0.2, -0.15) is 0 Å². The lowest BCUT2D eigenvalue weighted by molar-refractivity contribution is -0.384. The number of non-ortho nitro benzene ring substituents is 1. The summed E-state index contributed by atoms with van der Waals surface area (Å²) in [6.45, 7) is 1.37. The lowest BCUT2D eigenvalue weighted by Gasteiger charge is -2.20. The third-order valence-corrected chi connectivity index (χ3v) is 3.87. The zero-order valence-electron chi connectivity index (χ0n) is 13.3. The fourth-order valence-corrected chi connectivity index (χ4v) is 2.71. The monoisotopic (exact) mass is 337 g/mol. The number of phenols is 1. The SMILES string of the molecule is CC(=O)N[C@@H](c1ccc([N+](=O)[O-])cc1)c1ccc2cccnc2c1O. The number of hydrogen-bond donors (Lipinski definition) is 2. The molecule has 0 saturated carbocycles. The van der Waals surface area contributed by atoms with E-state index in [-0.39, 0.29) is 17.3 Å². The predicted molar refractivity (Wildman–Crippen MR) is 92.2 cm³/mol. The molecule has 2 N–H and O–H groups in total. The minimum Gasteiger partial charge on any atom is -0.505 e. The third-order valence-electron chi connectivity index (χ3n) is 3.87. The first-order valence-corrected chi connectivity index (χ1v) is 7.55. The summed E-state index contributed by atoms with van der Waals surface area (Å²) < 4.78 is 0. The number of fused-ring (bicyclic) bond motifs is 1. The van der Waals surface area contributed by atoms with Crippen molar-refractivity contribution in [3.05, 3.63) is 76.0 Å². The first-order valence-electron chi connectivity index (χ1n) is 7.55. The van der Waals surface area contributed by atoms with Gasteiger partial charge in [0.1, 0.15) is 11.3 Å². The van der Waals surface area contributed by atoms with E-state index in [9.17, 15) is 20.0 Å². The number of hydrogen-bond acceptors (Lipinski definition) is 5. The zero-order valence-corrected chi connectivity index (χ0v) is 13.3. The van der Waals surface area contributed by atoms with Crippen LogP contribution in [0.25, 0.3) is 10.9 Å². The number of benzene rings is 2. The zero-order chi connectivity index (χ0) is 18.0. The highest BCUT2D eigenvalue weighted by Crippen LogP contribution is 2.34. The van der Waals surface area contributed by atoms with E-state index in [0.29, 0.717) is 16.6 Å². The summed E-state index contributed by atoms with van der Waals surface area (Å²) >= 11 is 0. The molecule has 25 heavy (non-hydrogen) atoms. The van der Waals surface area contributed by atoms with Gasteiger partial charge in [0.2, 0.25) is 5.91 Å². The minimum absolute atomic E-state index is 0.0322. The number of nitro benzene ring substituents is 1. The number of nitro groups is 1. The number of aromatic nitrogens is 1. The minimum atomic E-state index is -0.648. The van der Waals surface area contributed by atoms with E-state index in [1.807, 2.05) is 6.07 Å². The molecule has 1 heterocycles. The van der Waals surface area contributed by atoms with E-state index in [4.69, 9.17) is 0 Å². The maximum atomic E-state index is 11.6. The largest absolute Gasteiger partial charge is 0.505 e. The van der Waals surface area contributed by atoms with Gasteiger partial charge in [-0.1, -0.05) is 18.2 Å². The van der Waals surface area contributed by atoms with Crippen LogP contribution in [0.15, 0.2) is 54.7 Å². The maximum Gasteiger partial charge on any atom is 0.269 e. The van der Waals surface area contributed by atoms with Crippen molar-refractivity contribution < 1.29 is 14.8 Å². The summed E-state index contributed by atoms with van der Waals surface area (Å²) in [5, 5.41) is 25.0. The molecule has 7 heteroatoms. The van der Waals surface area contributed by atoms with Gasteiger partial charge in [-0.05, 0) is 23.8 Å². The molecule has 0 aliphatic rings. The summed E-state index contributed by atoms with van der Waals surface area (Å²) in [5.41, 5.74) is 1.47. The van der Waals surface area contributed by atoms with Gasteiger partial charge in [0.25, 0.3) is 5.69 Å². The molecule has 3 aromatic rings. The Bertz CT molecular complexity index is 954. The summed E-state index contributed by atoms with van der Waals surface area (Å²) in [6.07, 6.45) is 1.57. The predicted octanol–water partition coefficient (Wildman–Crippen LogP) is 3.07. The molecule has 0 saturated heterocycles. The second-order valence-corrected chi connectivity index (χ2v) is 5.56. The van der Waals surface area contributed by atoms with Crippen LogP contribution in [0.5, 0.6) is 5.75 Å². The molecule has 0 fully saturated rings. The fourth-order valence-electron chi connectivity index (χ4n) is 2.71. The quantitative estimate of drug-likeness (QED) is 0.562. The first kappa shape index (κ1) is 16.4. The Morgan fingerprint density at radius 3 is 2.56 bits per heavy atom. The molecule has 7 nitrogen and oxygen atoms in total. The summed E-state index contributed by atoms with van der Waals surface area (Å²) in [7, 11) is 0. The Hall–Kier alpha value is -3.48. The van der Waals surface area contributed by atoms with Crippen molar-refractivity contribution in [2.24, 2.45) is 0 Å². The molecule has 1 amide bonds. The van der Waals surface area contributed by atoms with E-state index >= 15 is 0 Å². The molecule has 0 aliphatic carbocycles. The van der Waals surface area contributed by atoms with Gasteiger partial charge >= 0.3 is 0 Å². The number of carbonyl (C=O) groups excluding carboxylic acids is 1. The van der Waals surface area contributed by atoms with E-state index in [1.54, 1.807) is 36.5 Å². The Kier molecular flexibility index (Phi) is 4.30. The molecule has 0 unspecified atom stereocenters. The Morgan fingerprint density at radius 1 is 1.20 bits per heavy atom. The third kappa shape index (κ3) is 3.25. The lowest BCUT2D eigenvalue weighted by atomic mass is 9.96. The normalized spacial score (nSPS) is 11.9. The van der Waals surface area contributed by atoms with Crippen molar-refractivity contribution in [1.82, 2.24) is 10.3 Å². The molecule has 0 spiro atoms. The number of phenolic OH excluding ortho intramolecular Hbond substituents is 1. The van der Waals surface area contributed by atoms with Crippen LogP contribution in [0, 0.1) is 10.1 Å². The molecule has 0 aliphatic heterocycles. The molecule has 2 aromatic carbocycles. The summed E-state index contributed by atoms with van der Waals surface area (Å²) in [6, 6.07) is 12.3. The molecule has 0 radical (unpaired) electrons. The highest BCUT2D eigenvalue weighted by atomic mass is 16.6. The highest BCUT2D eigenvalue weighted by Gasteiger charge is 2.21. The van der Waals surface area contributed by atoms with Gasteiger partial charge in [0, 0.05) is 36.2 Å². The number of amides is 1. The smallest absolute Gasteiger partial charge is 0.269 e. The molecule has 1 aromatic heterocycles. The van der Waals surface area contributed by atoms with Gasteiger partial charge in [-0.15, -0.1) is 0 Å². The number of pyridine rings is 1. The average molecular weight is 337 g/mol. The molecule has 1 atom stereocenters. The van der Waals surface area contributed by atoms with Gasteiger partial charge in [-0.25, -0.2) is 0 Å². The summed E-state index contributed by atoms with van der Waals surface area (Å²) in [4.78, 5) is 26.1.